The molecule has 2 aromatic carbocycles. The first-order valence-corrected chi connectivity index (χ1v) is 7.98. The van der Waals surface area contributed by atoms with Crippen LogP contribution >= 0.6 is 23.8 Å². The number of ether oxygens (including phenoxy) is 2. The zero-order valence-electron chi connectivity index (χ0n) is 13.4. The zero-order chi connectivity index (χ0) is 17.4. The average Bonchev–Trinajstić information content (AvgIpc) is 2.61. The molecule has 2 aromatic rings. The van der Waals surface area contributed by atoms with Crippen LogP contribution in [-0.2, 0) is 6.61 Å². The Labute approximate surface area is 151 Å². The van der Waals surface area contributed by atoms with Crippen LogP contribution in [0.3, 0.4) is 0 Å². The fraction of sp³-hybridized carbons (Fsp3) is 0.176. The van der Waals surface area contributed by atoms with E-state index in [1.54, 1.807) is 20.4 Å². The molecule has 0 aliphatic rings. The molecule has 0 radical (unpaired) electrons. The second kappa shape index (κ2) is 9.10. The highest BCUT2D eigenvalue weighted by atomic mass is 35.5. The van der Waals surface area contributed by atoms with E-state index in [0.717, 1.165) is 11.1 Å². The standard InChI is InChI=1S/C17H18ClN3O2S/c1-19-17(24)21-20-10-12-7-5-9-15(22-2)16(12)23-11-13-6-3-4-8-14(13)18/h3-10H,11H2,1-2H3,(H2,19,21,24)/b20-10+. The highest BCUT2D eigenvalue weighted by Gasteiger charge is 2.10. The van der Waals surface area contributed by atoms with E-state index >= 15 is 0 Å². The molecule has 0 spiro atoms. The van der Waals surface area contributed by atoms with Gasteiger partial charge < -0.3 is 14.8 Å². The summed E-state index contributed by atoms with van der Waals surface area (Å²) in [5, 5.41) is 7.94. The normalized spacial score (nSPS) is 10.5. The van der Waals surface area contributed by atoms with Crippen molar-refractivity contribution in [3.8, 4) is 11.5 Å². The third-order valence-corrected chi connectivity index (χ3v) is 3.82. The van der Waals surface area contributed by atoms with Gasteiger partial charge in [-0.1, -0.05) is 35.9 Å². The van der Waals surface area contributed by atoms with Crippen LogP contribution in [0.4, 0.5) is 0 Å². The van der Waals surface area contributed by atoms with Gasteiger partial charge in [-0.25, -0.2) is 0 Å². The Hall–Kier alpha value is -2.31. The maximum absolute atomic E-state index is 6.17. The fourth-order valence-corrected chi connectivity index (χ4v) is 2.17. The molecule has 0 aliphatic carbocycles. The van der Waals surface area contributed by atoms with E-state index in [9.17, 15) is 0 Å². The summed E-state index contributed by atoms with van der Waals surface area (Å²) < 4.78 is 11.3. The minimum atomic E-state index is 0.323. The third-order valence-electron chi connectivity index (χ3n) is 3.16. The third kappa shape index (κ3) is 4.84. The molecule has 126 valence electrons. The lowest BCUT2D eigenvalue weighted by molar-refractivity contribution is 0.284. The number of hydrogen-bond donors (Lipinski definition) is 2. The number of benzene rings is 2. The van der Waals surface area contributed by atoms with E-state index in [4.69, 9.17) is 33.3 Å². The van der Waals surface area contributed by atoms with Crippen molar-refractivity contribution < 1.29 is 9.47 Å². The largest absolute Gasteiger partial charge is 0.493 e. The van der Waals surface area contributed by atoms with E-state index in [0.29, 0.717) is 28.2 Å². The lowest BCUT2D eigenvalue weighted by Crippen LogP contribution is -2.28. The van der Waals surface area contributed by atoms with Gasteiger partial charge in [0.1, 0.15) is 6.61 Å². The molecule has 0 fully saturated rings. The lowest BCUT2D eigenvalue weighted by Gasteiger charge is -2.14. The molecule has 0 unspecified atom stereocenters. The molecular weight excluding hydrogens is 346 g/mol. The molecule has 7 heteroatoms. The van der Waals surface area contributed by atoms with Gasteiger partial charge in [0.15, 0.2) is 16.6 Å². The Balaban J connectivity index is 2.20. The minimum Gasteiger partial charge on any atom is -0.493 e. The number of nitrogens with one attached hydrogen (secondary N) is 2. The van der Waals surface area contributed by atoms with Gasteiger partial charge in [0, 0.05) is 23.2 Å². The molecule has 2 rings (SSSR count). The Bertz CT molecular complexity index is 738. The van der Waals surface area contributed by atoms with Crippen molar-refractivity contribution in [2.24, 2.45) is 5.10 Å². The summed E-state index contributed by atoms with van der Waals surface area (Å²) in [7, 11) is 3.31. The van der Waals surface area contributed by atoms with Crippen molar-refractivity contribution in [1.29, 1.82) is 0 Å². The van der Waals surface area contributed by atoms with Gasteiger partial charge in [-0.3, -0.25) is 5.43 Å². The molecule has 2 N–H and O–H groups in total. The van der Waals surface area contributed by atoms with Gasteiger partial charge in [-0.15, -0.1) is 0 Å². The molecule has 0 saturated heterocycles. The summed E-state index contributed by atoms with van der Waals surface area (Å²) in [5.41, 5.74) is 4.35. The Morgan fingerprint density at radius 1 is 1.25 bits per heavy atom. The smallest absolute Gasteiger partial charge is 0.186 e. The average molecular weight is 364 g/mol. The van der Waals surface area contributed by atoms with Crippen LogP contribution in [-0.4, -0.2) is 25.5 Å². The molecule has 0 heterocycles. The first kappa shape index (κ1) is 18.0. The van der Waals surface area contributed by atoms with Crippen LogP contribution < -0.4 is 20.2 Å². The number of methoxy groups -OCH3 is 1. The number of nitrogens with zero attached hydrogens (tertiary/aromatic N) is 1. The van der Waals surface area contributed by atoms with Crippen molar-refractivity contribution in [2.45, 2.75) is 6.61 Å². The fourth-order valence-electron chi connectivity index (χ4n) is 1.93. The molecule has 0 saturated carbocycles. The number of thiocarbonyl (C=S) groups is 1. The molecule has 0 amide bonds. The van der Waals surface area contributed by atoms with E-state index in [1.807, 2.05) is 42.5 Å². The van der Waals surface area contributed by atoms with Gasteiger partial charge >= 0.3 is 0 Å². The van der Waals surface area contributed by atoms with Crippen LogP contribution in [0.1, 0.15) is 11.1 Å². The molecule has 0 aromatic heterocycles. The van der Waals surface area contributed by atoms with E-state index in [1.165, 1.54) is 0 Å². The van der Waals surface area contributed by atoms with Gasteiger partial charge in [-0.05, 0) is 30.4 Å². The van der Waals surface area contributed by atoms with Gasteiger partial charge in [0.2, 0.25) is 0 Å². The van der Waals surface area contributed by atoms with E-state index in [-0.39, 0.29) is 0 Å². The monoisotopic (exact) mass is 363 g/mol. The zero-order valence-corrected chi connectivity index (χ0v) is 14.9. The van der Waals surface area contributed by atoms with Crippen molar-refractivity contribution in [2.75, 3.05) is 14.2 Å². The van der Waals surface area contributed by atoms with Gasteiger partial charge in [-0.2, -0.15) is 5.10 Å². The Morgan fingerprint density at radius 2 is 2.04 bits per heavy atom. The number of hydrogen-bond acceptors (Lipinski definition) is 4. The summed E-state index contributed by atoms with van der Waals surface area (Å²) in [6, 6.07) is 13.1. The summed E-state index contributed by atoms with van der Waals surface area (Å²) in [6.07, 6.45) is 1.62. The van der Waals surface area contributed by atoms with Crippen molar-refractivity contribution in [1.82, 2.24) is 10.7 Å². The second-order valence-corrected chi connectivity index (χ2v) is 5.52. The SMILES string of the molecule is CNC(=S)N/N=C/c1cccc(OC)c1OCc1ccccc1Cl. The van der Waals surface area contributed by atoms with Crippen molar-refractivity contribution >= 4 is 35.1 Å². The second-order valence-electron chi connectivity index (χ2n) is 4.71. The first-order chi connectivity index (χ1) is 11.7. The number of hydrazone groups is 1. The summed E-state index contributed by atoms with van der Waals surface area (Å²) in [4.78, 5) is 0. The Morgan fingerprint density at radius 3 is 2.75 bits per heavy atom. The maximum atomic E-state index is 6.17. The molecule has 0 aliphatic heterocycles. The molecule has 24 heavy (non-hydrogen) atoms. The predicted molar refractivity (Wildman–Crippen MR) is 101 cm³/mol. The maximum Gasteiger partial charge on any atom is 0.186 e. The minimum absolute atomic E-state index is 0.323. The van der Waals surface area contributed by atoms with Crippen LogP contribution in [0.15, 0.2) is 47.6 Å². The number of para-hydroxylation sites is 1. The summed E-state index contributed by atoms with van der Waals surface area (Å²) >= 11 is 11.1. The van der Waals surface area contributed by atoms with E-state index < -0.39 is 0 Å². The van der Waals surface area contributed by atoms with Crippen LogP contribution in [0, 0.1) is 0 Å². The topological polar surface area (TPSA) is 54.9 Å². The summed E-state index contributed by atoms with van der Waals surface area (Å²) in [6.45, 7) is 0.323. The lowest BCUT2D eigenvalue weighted by atomic mass is 10.2. The summed E-state index contributed by atoms with van der Waals surface area (Å²) in [5.74, 6) is 1.20. The number of rotatable bonds is 6. The van der Waals surface area contributed by atoms with Crippen LogP contribution in [0.2, 0.25) is 5.02 Å². The Kier molecular flexibility index (Phi) is 6.84. The molecule has 0 bridgehead atoms. The highest BCUT2D eigenvalue weighted by Crippen LogP contribution is 2.31. The van der Waals surface area contributed by atoms with Crippen molar-refractivity contribution in [3.05, 3.63) is 58.6 Å². The van der Waals surface area contributed by atoms with Gasteiger partial charge in [0.25, 0.3) is 0 Å². The van der Waals surface area contributed by atoms with Crippen LogP contribution in [0.5, 0.6) is 11.5 Å². The highest BCUT2D eigenvalue weighted by molar-refractivity contribution is 7.80. The van der Waals surface area contributed by atoms with Crippen molar-refractivity contribution in [3.63, 3.8) is 0 Å². The van der Waals surface area contributed by atoms with E-state index in [2.05, 4.69) is 15.8 Å². The predicted octanol–water partition coefficient (Wildman–Crippen LogP) is 3.36. The quantitative estimate of drug-likeness (QED) is 0.468. The first-order valence-electron chi connectivity index (χ1n) is 7.19. The van der Waals surface area contributed by atoms with Gasteiger partial charge in [0.05, 0.1) is 13.3 Å². The van der Waals surface area contributed by atoms with Crippen LogP contribution in [0.25, 0.3) is 0 Å². The molecule has 5 nitrogen and oxygen atoms in total. The number of halogens is 1. The molecular formula is C17H18ClN3O2S. The molecule has 0 atom stereocenters.